The number of nitrogens with two attached hydrogens (primary N) is 1. The molecule has 1 nitrogen and oxygen atoms in total. The van der Waals surface area contributed by atoms with Gasteiger partial charge in [-0.05, 0) is 87.5 Å². The lowest BCUT2D eigenvalue weighted by Crippen LogP contribution is -2.52. The van der Waals surface area contributed by atoms with Crippen LogP contribution >= 0.6 is 0 Å². The van der Waals surface area contributed by atoms with Gasteiger partial charge in [0, 0.05) is 6.04 Å². The van der Waals surface area contributed by atoms with Crippen molar-refractivity contribution in [2.45, 2.75) is 58.4 Å². The number of hydrogen-bond donors (Lipinski definition) is 1. The Kier molecular flexibility index (Phi) is 3.37. The van der Waals surface area contributed by atoms with E-state index >= 15 is 0 Å². The van der Waals surface area contributed by atoms with Crippen LogP contribution < -0.4 is 5.73 Å². The van der Waals surface area contributed by atoms with E-state index in [0.717, 1.165) is 36.0 Å². The lowest BCUT2D eigenvalue weighted by Gasteiger charge is -2.56. The van der Waals surface area contributed by atoms with Gasteiger partial charge in [0.15, 0.2) is 0 Å². The summed E-state index contributed by atoms with van der Waals surface area (Å²) in [5.74, 6) is 4.80. The molecule has 5 rings (SSSR count). The van der Waals surface area contributed by atoms with Crippen molar-refractivity contribution in [3.63, 3.8) is 0 Å². The third kappa shape index (κ3) is 2.54. The van der Waals surface area contributed by atoms with Gasteiger partial charge in [0.1, 0.15) is 0 Å². The van der Waals surface area contributed by atoms with Gasteiger partial charge in [-0.25, -0.2) is 0 Å². The third-order valence-electron chi connectivity index (χ3n) is 6.55. The first-order valence-electron chi connectivity index (χ1n) is 8.91. The summed E-state index contributed by atoms with van der Waals surface area (Å²) < 4.78 is 0. The summed E-state index contributed by atoms with van der Waals surface area (Å²) in [4.78, 5) is 0. The van der Waals surface area contributed by atoms with Gasteiger partial charge < -0.3 is 5.73 Å². The Hall–Kier alpha value is -0.820. The molecular formula is C20H29N. The highest BCUT2D eigenvalue weighted by Gasteiger charge is 2.49. The Bertz CT molecular complexity index is 484. The molecular weight excluding hydrogens is 254 g/mol. The van der Waals surface area contributed by atoms with Crippen molar-refractivity contribution in [3.05, 3.63) is 34.9 Å². The Labute approximate surface area is 129 Å². The highest BCUT2D eigenvalue weighted by atomic mass is 14.7. The van der Waals surface area contributed by atoms with Crippen LogP contribution in [0.3, 0.4) is 0 Å². The van der Waals surface area contributed by atoms with Crippen LogP contribution in [0.2, 0.25) is 0 Å². The predicted octanol–water partition coefficient (Wildman–Crippen LogP) is 4.25. The molecule has 1 heteroatoms. The fraction of sp³-hybridized carbons (Fsp3) is 0.700. The fourth-order valence-corrected chi connectivity index (χ4v) is 6.26. The maximum atomic E-state index is 6.73. The lowest BCUT2D eigenvalue weighted by atomic mass is 9.50. The Morgan fingerprint density at radius 1 is 0.905 bits per heavy atom. The van der Waals surface area contributed by atoms with Crippen LogP contribution in [0.25, 0.3) is 0 Å². The molecule has 1 atom stereocenters. The Morgan fingerprint density at radius 3 is 1.95 bits per heavy atom. The molecule has 4 aliphatic rings. The average molecular weight is 283 g/mol. The van der Waals surface area contributed by atoms with Crippen LogP contribution in [0.1, 0.15) is 48.8 Å². The molecule has 1 aromatic rings. The van der Waals surface area contributed by atoms with Crippen molar-refractivity contribution >= 4 is 0 Å². The highest BCUT2D eigenvalue weighted by Crippen LogP contribution is 2.57. The monoisotopic (exact) mass is 283 g/mol. The van der Waals surface area contributed by atoms with Crippen LogP contribution in [0.4, 0.5) is 0 Å². The summed E-state index contributed by atoms with van der Waals surface area (Å²) in [5, 5.41) is 0. The molecule has 4 saturated carbocycles. The molecule has 0 radical (unpaired) electrons. The van der Waals surface area contributed by atoms with E-state index in [1.54, 1.807) is 0 Å². The molecule has 0 heterocycles. The first-order chi connectivity index (χ1) is 10.1. The van der Waals surface area contributed by atoms with E-state index in [1.165, 1.54) is 48.8 Å². The van der Waals surface area contributed by atoms with Gasteiger partial charge in [-0.3, -0.25) is 0 Å². The molecule has 21 heavy (non-hydrogen) atoms. The zero-order valence-corrected chi connectivity index (χ0v) is 13.5. The molecule has 1 unspecified atom stereocenters. The maximum absolute atomic E-state index is 6.73. The highest BCUT2D eigenvalue weighted by molar-refractivity contribution is 5.29. The Morgan fingerprint density at radius 2 is 1.43 bits per heavy atom. The van der Waals surface area contributed by atoms with E-state index in [0.29, 0.717) is 6.04 Å². The van der Waals surface area contributed by atoms with Crippen LogP contribution in [-0.4, -0.2) is 6.04 Å². The van der Waals surface area contributed by atoms with Crippen molar-refractivity contribution in [1.29, 1.82) is 0 Å². The number of hydrogen-bond acceptors (Lipinski definition) is 1. The summed E-state index contributed by atoms with van der Waals surface area (Å²) in [6, 6.07) is 7.31. The molecule has 0 aliphatic heterocycles. The predicted molar refractivity (Wildman–Crippen MR) is 88.1 cm³/mol. The number of rotatable bonds is 3. The first kappa shape index (κ1) is 13.8. The topological polar surface area (TPSA) is 26.0 Å². The second kappa shape index (κ2) is 5.12. The average Bonchev–Trinajstić information content (AvgIpc) is 2.35. The first-order valence-corrected chi connectivity index (χ1v) is 8.91. The molecule has 0 saturated heterocycles. The molecule has 0 amide bonds. The molecule has 4 aliphatic carbocycles. The van der Waals surface area contributed by atoms with Gasteiger partial charge in [0.05, 0.1) is 0 Å². The maximum Gasteiger partial charge on any atom is 0.0113 e. The molecule has 4 fully saturated rings. The zero-order chi connectivity index (χ0) is 14.6. The Balaban J connectivity index is 1.51. The second-order valence-electron chi connectivity index (χ2n) is 8.37. The van der Waals surface area contributed by atoms with E-state index in [1.807, 2.05) is 0 Å². The van der Waals surface area contributed by atoms with Crippen molar-refractivity contribution in [1.82, 2.24) is 0 Å². The van der Waals surface area contributed by atoms with Gasteiger partial charge in [-0.1, -0.05) is 29.3 Å². The molecule has 0 aromatic heterocycles. The van der Waals surface area contributed by atoms with Crippen molar-refractivity contribution in [2.24, 2.45) is 35.3 Å². The van der Waals surface area contributed by atoms with Crippen LogP contribution in [0, 0.1) is 43.4 Å². The van der Waals surface area contributed by atoms with E-state index in [9.17, 15) is 0 Å². The third-order valence-corrected chi connectivity index (χ3v) is 6.55. The van der Waals surface area contributed by atoms with Gasteiger partial charge >= 0.3 is 0 Å². The van der Waals surface area contributed by atoms with E-state index in [4.69, 9.17) is 5.73 Å². The van der Waals surface area contributed by atoms with E-state index in [2.05, 4.69) is 32.0 Å². The summed E-state index contributed by atoms with van der Waals surface area (Å²) >= 11 is 0. The van der Waals surface area contributed by atoms with Crippen LogP contribution in [0.15, 0.2) is 18.2 Å². The minimum atomic E-state index is 0.376. The lowest BCUT2D eigenvalue weighted by molar-refractivity contribution is -0.0464. The minimum Gasteiger partial charge on any atom is -0.327 e. The van der Waals surface area contributed by atoms with Crippen LogP contribution in [0.5, 0.6) is 0 Å². The smallest absolute Gasteiger partial charge is 0.0113 e. The molecule has 0 spiro atoms. The zero-order valence-electron chi connectivity index (χ0n) is 13.5. The van der Waals surface area contributed by atoms with Gasteiger partial charge in [-0.2, -0.15) is 0 Å². The summed E-state index contributed by atoms with van der Waals surface area (Å²) in [6.45, 7) is 4.40. The van der Waals surface area contributed by atoms with Gasteiger partial charge in [0.25, 0.3) is 0 Å². The largest absolute Gasteiger partial charge is 0.327 e. The van der Waals surface area contributed by atoms with Crippen molar-refractivity contribution in [3.8, 4) is 0 Å². The molecule has 4 bridgehead atoms. The normalized spacial score (nSPS) is 38.7. The van der Waals surface area contributed by atoms with Crippen molar-refractivity contribution in [2.75, 3.05) is 0 Å². The second-order valence-corrected chi connectivity index (χ2v) is 8.37. The van der Waals surface area contributed by atoms with E-state index < -0.39 is 0 Å². The summed E-state index contributed by atoms with van der Waals surface area (Å²) in [7, 11) is 0. The standard InChI is InChI=1S/C20H29N/c1-12-3-13(2)5-14(4-12)11-19(21)20-17-7-15-6-16(9-17)10-18(20)8-15/h3-5,15-20H,6-11,21H2,1-2H3. The SMILES string of the molecule is Cc1cc(C)cc(CC(N)C2C3CC4CC(C3)CC2C4)c1. The molecule has 114 valence electrons. The summed E-state index contributed by atoms with van der Waals surface area (Å²) in [6.07, 6.45) is 8.55. The van der Waals surface area contributed by atoms with E-state index in [-0.39, 0.29) is 0 Å². The summed E-state index contributed by atoms with van der Waals surface area (Å²) in [5.41, 5.74) is 10.9. The van der Waals surface area contributed by atoms with Gasteiger partial charge in [-0.15, -0.1) is 0 Å². The van der Waals surface area contributed by atoms with Crippen LogP contribution in [-0.2, 0) is 6.42 Å². The number of aryl methyl sites for hydroxylation is 2. The molecule has 1 aromatic carbocycles. The fourth-order valence-electron chi connectivity index (χ4n) is 6.26. The van der Waals surface area contributed by atoms with Gasteiger partial charge in [0.2, 0.25) is 0 Å². The molecule has 2 N–H and O–H groups in total. The quantitative estimate of drug-likeness (QED) is 0.882. The van der Waals surface area contributed by atoms with Crippen molar-refractivity contribution < 1.29 is 0 Å². The number of benzene rings is 1. The minimum absolute atomic E-state index is 0.376.